The molecule has 1 unspecified atom stereocenters. The molecule has 0 bridgehead atoms. The topological polar surface area (TPSA) is 24.5 Å². The Morgan fingerprint density at radius 3 is 3.11 bits per heavy atom. The summed E-state index contributed by atoms with van der Waals surface area (Å²) in [5.41, 5.74) is 1.37. The van der Waals surface area contributed by atoms with E-state index in [9.17, 15) is 0 Å². The van der Waals surface area contributed by atoms with Gasteiger partial charge in [-0.3, -0.25) is 0 Å². The summed E-state index contributed by atoms with van der Waals surface area (Å²) in [5.74, 6) is 0.960. The van der Waals surface area contributed by atoms with Crippen LogP contribution in [0.4, 0.5) is 0 Å². The Kier molecular flexibility index (Phi) is 5.67. The summed E-state index contributed by atoms with van der Waals surface area (Å²) in [6, 6.07) is 9.10. The molecule has 106 valence electrons. The highest BCUT2D eigenvalue weighted by molar-refractivity contribution is 5.28. The van der Waals surface area contributed by atoms with Crippen LogP contribution in [0.15, 0.2) is 24.3 Å². The normalized spacial score (nSPS) is 19.8. The lowest BCUT2D eigenvalue weighted by molar-refractivity contribution is 0.331. The van der Waals surface area contributed by atoms with Crippen LogP contribution in [-0.2, 0) is 6.42 Å². The van der Waals surface area contributed by atoms with Crippen LogP contribution in [-0.4, -0.2) is 44.2 Å². The van der Waals surface area contributed by atoms with Crippen molar-refractivity contribution in [2.24, 2.45) is 0 Å². The van der Waals surface area contributed by atoms with Crippen molar-refractivity contribution in [3.05, 3.63) is 29.8 Å². The van der Waals surface area contributed by atoms with Crippen molar-refractivity contribution in [2.45, 2.75) is 32.2 Å². The van der Waals surface area contributed by atoms with Gasteiger partial charge >= 0.3 is 0 Å². The van der Waals surface area contributed by atoms with E-state index in [-0.39, 0.29) is 0 Å². The van der Waals surface area contributed by atoms with Gasteiger partial charge in [-0.1, -0.05) is 19.1 Å². The van der Waals surface area contributed by atoms with Gasteiger partial charge in [-0.05, 0) is 50.0 Å². The van der Waals surface area contributed by atoms with Gasteiger partial charge in [0, 0.05) is 19.1 Å². The first-order chi connectivity index (χ1) is 9.31. The van der Waals surface area contributed by atoms with Gasteiger partial charge < -0.3 is 15.0 Å². The van der Waals surface area contributed by atoms with Crippen molar-refractivity contribution in [3.63, 3.8) is 0 Å². The van der Waals surface area contributed by atoms with Crippen LogP contribution in [0.5, 0.6) is 5.75 Å². The van der Waals surface area contributed by atoms with Gasteiger partial charge in [0.15, 0.2) is 0 Å². The molecule has 1 heterocycles. The molecule has 1 aliphatic rings. The van der Waals surface area contributed by atoms with Crippen LogP contribution in [0.2, 0.25) is 0 Å². The SMILES string of the molecule is CCCNC1CCN(CCc2cccc(OC)c2)C1. The number of nitrogens with one attached hydrogen (secondary N) is 1. The molecule has 1 saturated heterocycles. The molecule has 3 nitrogen and oxygen atoms in total. The van der Waals surface area contributed by atoms with E-state index >= 15 is 0 Å². The number of likely N-dealkylation sites (tertiary alicyclic amines) is 1. The summed E-state index contributed by atoms with van der Waals surface area (Å²) >= 11 is 0. The van der Waals surface area contributed by atoms with Crippen molar-refractivity contribution in [3.8, 4) is 5.75 Å². The number of hydrogen-bond donors (Lipinski definition) is 1. The Bertz CT molecular complexity index is 381. The van der Waals surface area contributed by atoms with Gasteiger partial charge in [0.05, 0.1) is 7.11 Å². The molecular formula is C16H26N2O. The van der Waals surface area contributed by atoms with Crippen LogP contribution < -0.4 is 10.1 Å². The summed E-state index contributed by atoms with van der Waals surface area (Å²) in [7, 11) is 1.73. The van der Waals surface area contributed by atoms with Gasteiger partial charge in [0.2, 0.25) is 0 Å². The largest absolute Gasteiger partial charge is 0.497 e. The fraction of sp³-hybridized carbons (Fsp3) is 0.625. The number of nitrogens with zero attached hydrogens (tertiary/aromatic N) is 1. The maximum Gasteiger partial charge on any atom is 0.119 e. The van der Waals surface area contributed by atoms with Crippen LogP contribution in [0.1, 0.15) is 25.3 Å². The second-order valence-electron chi connectivity index (χ2n) is 5.34. The summed E-state index contributed by atoms with van der Waals surface area (Å²) in [6.07, 6.45) is 3.62. The quantitative estimate of drug-likeness (QED) is 0.816. The van der Waals surface area contributed by atoms with E-state index in [2.05, 4.69) is 35.3 Å². The molecule has 0 spiro atoms. The molecule has 0 aliphatic carbocycles. The molecule has 0 aromatic heterocycles. The van der Waals surface area contributed by atoms with E-state index in [0.29, 0.717) is 6.04 Å². The fourth-order valence-corrected chi connectivity index (χ4v) is 2.67. The van der Waals surface area contributed by atoms with E-state index in [4.69, 9.17) is 4.74 Å². The number of rotatable bonds is 7. The Morgan fingerprint density at radius 1 is 1.42 bits per heavy atom. The highest BCUT2D eigenvalue weighted by atomic mass is 16.5. The molecule has 1 N–H and O–H groups in total. The van der Waals surface area contributed by atoms with Gasteiger partial charge in [-0.2, -0.15) is 0 Å². The molecule has 0 radical (unpaired) electrons. The summed E-state index contributed by atoms with van der Waals surface area (Å²) in [6.45, 7) is 6.95. The second kappa shape index (κ2) is 7.51. The Balaban J connectivity index is 1.74. The Labute approximate surface area is 116 Å². The van der Waals surface area contributed by atoms with Crippen molar-refractivity contribution >= 4 is 0 Å². The standard InChI is InChI=1S/C16H26N2O/c1-3-9-17-15-8-11-18(13-15)10-7-14-5-4-6-16(12-14)19-2/h4-6,12,15,17H,3,7-11,13H2,1-2H3. The summed E-state index contributed by atoms with van der Waals surface area (Å²) in [4.78, 5) is 2.56. The molecule has 1 fully saturated rings. The van der Waals surface area contributed by atoms with E-state index in [0.717, 1.165) is 25.3 Å². The van der Waals surface area contributed by atoms with Crippen LogP contribution in [0.25, 0.3) is 0 Å². The molecule has 1 aromatic rings. The Hall–Kier alpha value is -1.06. The van der Waals surface area contributed by atoms with E-state index in [1.165, 1.54) is 31.5 Å². The van der Waals surface area contributed by atoms with E-state index in [1.54, 1.807) is 7.11 Å². The third kappa shape index (κ3) is 4.51. The van der Waals surface area contributed by atoms with Gasteiger partial charge in [0.25, 0.3) is 0 Å². The highest BCUT2D eigenvalue weighted by Gasteiger charge is 2.20. The number of benzene rings is 1. The van der Waals surface area contributed by atoms with Gasteiger partial charge in [0.1, 0.15) is 5.75 Å². The number of methoxy groups -OCH3 is 1. The zero-order valence-electron chi connectivity index (χ0n) is 12.2. The minimum atomic E-state index is 0.699. The maximum absolute atomic E-state index is 5.26. The molecule has 3 heteroatoms. The first-order valence-electron chi connectivity index (χ1n) is 7.40. The lowest BCUT2D eigenvalue weighted by Gasteiger charge is -2.16. The highest BCUT2D eigenvalue weighted by Crippen LogP contribution is 2.15. The monoisotopic (exact) mass is 262 g/mol. The molecule has 2 rings (SSSR count). The zero-order chi connectivity index (χ0) is 13.5. The van der Waals surface area contributed by atoms with Crippen molar-refractivity contribution < 1.29 is 4.74 Å². The average Bonchev–Trinajstić information content (AvgIpc) is 2.91. The lowest BCUT2D eigenvalue weighted by Crippen LogP contribution is -2.33. The lowest BCUT2D eigenvalue weighted by atomic mass is 10.1. The van der Waals surface area contributed by atoms with Gasteiger partial charge in [-0.25, -0.2) is 0 Å². The summed E-state index contributed by atoms with van der Waals surface area (Å²) in [5, 5.41) is 3.62. The van der Waals surface area contributed by atoms with E-state index < -0.39 is 0 Å². The first kappa shape index (κ1) is 14.4. The van der Waals surface area contributed by atoms with Crippen molar-refractivity contribution in [2.75, 3.05) is 33.3 Å². The summed E-state index contributed by atoms with van der Waals surface area (Å²) < 4.78 is 5.26. The van der Waals surface area contributed by atoms with Crippen molar-refractivity contribution in [1.82, 2.24) is 10.2 Å². The fourth-order valence-electron chi connectivity index (χ4n) is 2.67. The third-order valence-electron chi connectivity index (χ3n) is 3.81. The average molecular weight is 262 g/mol. The second-order valence-corrected chi connectivity index (χ2v) is 5.34. The van der Waals surface area contributed by atoms with Gasteiger partial charge in [-0.15, -0.1) is 0 Å². The molecule has 1 atom stereocenters. The molecule has 1 aromatic carbocycles. The molecular weight excluding hydrogens is 236 g/mol. The zero-order valence-corrected chi connectivity index (χ0v) is 12.2. The molecule has 19 heavy (non-hydrogen) atoms. The number of hydrogen-bond acceptors (Lipinski definition) is 3. The smallest absolute Gasteiger partial charge is 0.119 e. The molecule has 0 saturated carbocycles. The van der Waals surface area contributed by atoms with E-state index in [1.807, 2.05) is 6.07 Å². The minimum absolute atomic E-state index is 0.699. The van der Waals surface area contributed by atoms with Crippen LogP contribution >= 0.6 is 0 Å². The minimum Gasteiger partial charge on any atom is -0.497 e. The molecule has 1 aliphatic heterocycles. The first-order valence-corrected chi connectivity index (χ1v) is 7.40. The molecule has 0 amide bonds. The Morgan fingerprint density at radius 2 is 2.32 bits per heavy atom. The van der Waals surface area contributed by atoms with Crippen molar-refractivity contribution in [1.29, 1.82) is 0 Å². The predicted molar refractivity (Wildman–Crippen MR) is 79.8 cm³/mol. The third-order valence-corrected chi connectivity index (χ3v) is 3.81. The van der Waals surface area contributed by atoms with Crippen LogP contribution in [0.3, 0.4) is 0 Å². The maximum atomic E-state index is 5.26. The number of ether oxygens (including phenoxy) is 1. The van der Waals surface area contributed by atoms with Crippen LogP contribution in [0, 0.1) is 0 Å². The predicted octanol–water partition coefficient (Wildman–Crippen LogP) is 2.31.